The zero-order chi connectivity index (χ0) is 15.5. The topological polar surface area (TPSA) is 24.1 Å². The van der Waals surface area contributed by atoms with Crippen molar-refractivity contribution < 1.29 is 0 Å². The Morgan fingerprint density at radius 2 is 1.52 bits per heavy atom. The quantitative estimate of drug-likeness (QED) is 0.689. The zero-order valence-corrected chi connectivity index (χ0v) is 13.5. The van der Waals surface area contributed by atoms with Crippen molar-refractivity contribution in [2.24, 2.45) is 0 Å². The standard InChI is InChI=1S/C12H17N.C7H9N.2CH4/c1-4-7-11-10(5-2)8-6-9-12(11)13-3;1-8-7-5-3-2-4-6-7;;/h4,6-9,13H,5H2,1-3H3;2-6,8H,1H3;2*1H4/b7-4-;;;. The van der Waals surface area contributed by atoms with Gasteiger partial charge in [-0.15, -0.1) is 0 Å². The van der Waals surface area contributed by atoms with E-state index >= 15 is 0 Å². The third-order valence-electron chi connectivity index (χ3n) is 3.24. The molecule has 2 rings (SSSR count). The third kappa shape index (κ3) is 7.55. The maximum absolute atomic E-state index is 3.20. The van der Waals surface area contributed by atoms with Gasteiger partial charge >= 0.3 is 0 Å². The highest BCUT2D eigenvalue weighted by atomic mass is 14.8. The molecule has 0 amide bonds. The van der Waals surface area contributed by atoms with Gasteiger partial charge in [0.25, 0.3) is 0 Å². The Bertz CT molecular complexity index is 523. The Morgan fingerprint density at radius 3 is 1.96 bits per heavy atom. The maximum Gasteiger partial charge on any atom is 0.0413 e. The van der Waals surface area contributed by atoms with Crippen molar-refractivity contribution in [2.45, 2.75) is 35.1 Å². The molecule has 2 aromatic rings. The fraction of sp³-hybridized carbons (Fsp3) is 0.333. The average molecular weight is 315 g/mol. The van der Waals surface area contributed by atoms with Crippen molar-refractivity contribution in [1.82, 2.24) is 0 Å². The fourth-order valence-electron chi connectivity index (χ4n) is 2.11. The molecule has 0 atom stereocenters. The smallest absolute Gasteiger partial charge is 0.0413 e. The van der Waals surface area contributed by atoms with Crippen LogP contribution in [0.15, 0.2) is 54.6 Å². The minimum Gasteiger partial charge on any atom is -0.388 e. The van der Waals surface area contributed by atoms with Crippen molar-refractivity contribution >= 4 is 17.5 Å². The number of nitrogens with one attached hydrogen (secondary N) is 2. The number of anilines is 2. The van der Waals surface area contributed by atoms with E-state index in [-0.39, 0.29) is 14.9 Å². The number of para-hydroxylation sites is 1. The van der Waals surface area contributed by atoms with E-state index in [4.69, 9.17) is 0 Å². The van der Waals surface area contributed by atoms with Gasteiger partial charge in [-0.25, -0.2) is 0 Å². The van der Waals surface area contributed by atoms with E-state index in [9.17, 15) is 0 Å². The van der Waals surface area contributed by atoms with Crippen LogP contribution in [0.2, 0.25) is 0 Å². The van der Waals surface area contributed by atoms with Crippen LogP contribution >= 0.6 is 0 Å². The van der Waals surface area contributed by atoms with Gasteiger partial charge in [-0.3, -0.25) is 0 Å². The molecule has 2 nitrogen and oxygen atoms in total. The average Bonchev–Trinajstić information content (AvgIpc) is 2.56. The predicted octanol–water partition coefficient (Wildman–Crippen LogP) is 6.32. The van der Waals surface area contributed by atoms with Gasteiger partial charge in [-0.1, -0.05) is 64.3 Å². The van der Waals surface area contributed by atoms with Crippen LogP contribution in [0.5, 0.6) is 0 Å². The second kappa shape index (κ2) is 13.4. The summed E-state index contributed by atoms with van der Waals surface area (Å²) in [5.41, 5.74) is 5.07. The lowest BCUT2D eigenvalue weighted by Gasteiger charge is -2.09. The number of allylic oxidation sites excluding steroid dienone is 1. The van der Waals surface area contributed by atoms with Gasteiger partial charge in [0.1, 0.15) is 0 Å². The monoisotopic (exact) mass is 314 g/mol. The highest BCUT2D eigenvalue weighted by Gasteiger charge is 2.01. The van der Waals surface area contributed by atoms with E-state index in [1.165, 1.54) is 16.8 Å². The van der Waals surface area contributed by atoms with Crippen LogP contribution in [0.4, 0.5) is 11.4 Å². The third-order valence-corrected chi connectivity index (χ3v) is 3.24. The first-order valence-electron chi connectivity index (χ1n) is 7.41. The molecule has 0 saturated heterocycles. The molecule has 0 bridgehead atoms. The van der Waals surface area contributed by atoms with Crippen LogP contribution in [-0.2, 0) is 6.42 Å². The molecule has 0 radical (unpaired) electrons. The summed E-state index contributed by atoms with van der Waals surface area (Å²) in [5.74, 6) is 0. The molecule has 0 aliphatic rings. The molecule has 0 aliphatic heterocycles. The second-order valence-electron chi connectivity index (χ2n) is 4.60. The molecule has 0 aliphatic carbocycles. The summed E-state index contributed by atoms with van der Waals surface area (Å²) < 4.78 is 0. The van der Waals surface area contributed by atoms with Gasteiger partial charge in [0.05, 0.1) is 0 Å². The lowest BCUT2D eigenvalue weighted by Crippen LogP contribution is -1.95. The van der Waals surface area contributed by atoms with E-state index in [0.717, 1.165) is 12.1 Å². The van der Waals surface area contributed by atoms with Crippen molar-refractivity contribution in [2.75, 3.05) is 24.7 Å². The molecule has 0 saturated carbocycles. The van der Waals surface area contributed by atoms with E-state index < -0.39 is 0 Å². The van der Waals surface area contributed by atoms with Crippen LogP contribution in [0.25, 0.3) is 6.08 Å². The normalized spacial score (nSPS) is 9.04. The van der Waals surface area contributed by atoms with E-state index in [0.29, 0.717) is 0 Å². The summed E-state index contributed by atoms with van der Waals surface area (Å²) >= 11 is 0. The number of hydrogen-bond acceptors (Lipinski definition) is 2. The van der Waals surface area contributed by atoms with Gasteiger partial charge < -0.3 is 10.6 Å². The zero-order valence-electron chi connectivity index (χ0n) is 13.5. The number of aryl methyl sites for hydroxylation is 1. The Balaban J connectivity index is 0. The summed E-state index contributed by atoms with van der Waals surface area (Å²) in [5, 5.41) is 6.23. The van der Waals surface area contributed by atoms with Crippen molar-refractivity contribution in [3.05, 3.63) is 65.7 Å². The number of benzene rings is 2. The van der Waals surface area contributed by atoms with Crippen LogP contribution in [0.3, 0.4) is 0 Å². The van der Waals surface area contributed by atoms with Crippen molar-refractivity contribution in [1.29, 1.82) is 0 Å². The summed E-state index contributed by atoms with van der Waals surface area (Å²) in [7, 11) is 3.87. The summed E-state index contributed by atoms with van der Waals surface area (Å²) in [6, 6.07) is 16.4. The highest BCUT2D eigenvalue weighted by Crippen LogP contribution is 2.21. The van der Waals surface area contributed by atoms with E-state index in [1.54, 1.807) is 0 Å². The summed E-state index contributed by atoms with van der Waals surface area (Å²) in [6.07, 6.45) is 5.31. The van der Waals surface area contributed by atoms with Crippen LogP contribution in [-0.4, -0.2) is 14.1 Å². The molecule has 2 heteroatoms. The second-order valence-corrected chi connectivity index (χ2v) is 4.60. The molecule has 0 aromatic heterocycles. The number of hydrogen-bond donors (Lipinski definition) is 2. The SMILES string of the molecule is C.C.C/C=C\c1c(CC)cccc1NC.CNc1ccccc1. The molecule has 0 spiro atoms. The van der Waals surface area contributed by atoms with Gasteiger partial charge in [0.2, 0.25) is 0 Å². The molecule has 0 fully saturated rings. The van der Waals surface area contributed by atoms with Crippen molar-refractivity contribution in [3.63, 3.8) is 0 Å². The van der Waals surface area contributed by atoms with Crippen LogP contribution < -0.4 is 10.6 Å². The molecular weight excluding hydrogens is 280 g/mol. The lowest BCUT2D eigenvalue weighted by molar-refractivity contribution is 1.13. The van der Waals surface area contributed by atoms with Gasteiger partial charge in [-0.2, -0.15) is 0 Å². The molecule has 0 unspecified atom stereocenters. The first-order valence-corrected chi connectivity index (χ1v) is 7.41. The summed E-state index contributed by atoms with van der Waals surface area (Å²) in [6.45, 7) is 4.23. The van der Waals surface area contributed by atoms with E-state index in [1.807, 2.05) is 51.4 Å². The largest absolute Gasteiger partial charge is 0.388 e. The first kappa shape index (κ1) is 23.1. The molecule has 0 heterocycles. The molecule has 23 heavy (non-hydrogen) atoms. The van der Waals surface area contributed by atoms with Gasteiger partial charge in [0.15, 0.2) is 0 Å². The molecule has 2 N–H and O–H groups in total. The predicted molar refractivity (Wildman–Crippen MR) is 110 cm³/mol. The summed E-state index contributed by atoms with van der Waals surface area (Å²) in [4.78, 5) is 0. The molecule has 2 aromatic carbocycles. The van der Waals surface area contributed by atoms with Gasteiger partial charge in [0, 0.05) is 31.0 Å². The van der Waals surface area contributed by atoms with Crippen LogP contribution in [0, 0.1) is 0 Å². The minimum absolute atomic E-state index is 0. The fourth-order valence-corrected chi connectivity index (χ4v) is 2.11. The van der Waals surface area contributed by atoms with Crippen molar-refractivity contribution in [3.8, 4) is 0 Å². The maximum atomic E-state index is 3.20. The van der Waals surface area contributed by atoms with Gasteiger partial charge in [-0.05, 0) is 37.1 Å². The first-order chi connectivity index (χ1) is 10.3. The Hall–Kier alpha value is -2.22. The lowest BCUT2D eigenvalue weighted by atomic mass is 10.0. The number of rotatable bonds is 4. The minimum atomic E-state index is 0. The molecule has 128 valence electrons. The Kier molecular flexibility index (Phi) is 13.5. The Labute approximate surface area is 143 Å². The molecular formula is C21H34N2. The van der Waals surface area contributed by atoms with Crippen LogP contribution in [0.1, 0.15) is 39.8 Å². The highest BCUT2D eigenvalue weighted by molar-refractivity contribution is 5.69. The Morgan fingerprint density at radius 1 is 0.870 bits per heavy atom. The van der Waals surface area contributed by atoms with E-state index in [2.05, 4.69) is 47.9 Å².